The first-order chi connectivity index (χ1) is 11.4. The summed E-state index contributed by atoms with van der Waals surface area (Å²) in [7, 11) is -3.57. The van der Waals surface area contributed by atoms with Gasteiger partial charge in [-0.2, -0.15) is 0 Å². The van der Waals surface area contributed by atoms with Crippen LogP contribution in [0.15, 0.2) is 48.5 Å². The minimum absolute atomic E-state index is 0.140. The average molecular weight is 352 g/mol. The molecule has 128 valence electrons. The van der Waals surface area contributed by atoms with Crippen LogP contribution < -0.4 is 4.72 Å². The van der Waals surface area contributed by atoms with Crippen LogP contribution in [0.25, 0.3) is 0 Å². The van der Waals surface area contributed by atoms with Gasteiger partial charge >= 0.3 is 0 Å². The molecule has 0 radical (unpaired) electrons. The molecular formula is C16H17FN2O4S. The second kappa shape index (κ2) is 7.98. The highest BCUT2D eigenvalue weighted by Gasteiger charge is 2.13. The molecule has 8 heteroatoms. The minimum atomic E-state index is -3.57. The van der Waals surface area contributed by atoms with Gasteiger partial charge in [-0.3, -0.25) is 10.1 Å². The molecule has 6 nitrogen and oxygen atoms in total. The van der Waals surface area contributed by atoms with E-state index in [0.717, 1.165) is 5.56 Å². The van der Waals surface area contributed by atoms with Crippen LogP contribution in [-0.2, 0) is 22.2 Å². The number of nitro benzene ring substituents is 1. The van der Waals surface area contributed by atoms with Gasteiger partial charge in [-0.1, -0.05) is 24.3 Å². The summed E-state index contributed by atoms with van der Waals surface area (Å²) in [6, 6.07) is 11.6. The van der Waals surface area contributed by atoms with Crippen LogP contribution in [0.5, 0.6) is 0 Å². The van der Waals surface area contributed by atoms with Crippen molar-refractivity contribution in [3.05, 3.63) is 75.6 Å². The lowest BCUT2D eigenvalue weighted by Crippen LogP contribution is -2.26. The molecule has 2 aromatic carbocycles. The molecule has 0 aliphatic carbocycles. The highest BCUT2D eigenvalue weighted by Crippen LogP contribution is 2.15. The molecule has 2 rings (SSSR count). The average Bonchev–Trinajstić information content (AvgIpc) is 2.53. The van der Waals surface area contributed by atoms with Crippen molar-refractivity contribution in [2.45, 2.75) is 18.6 Å². The Morgan fingerprint density at radius 3 is 2.46 bits per heavy atom. The zero-order valence-corrected chi connectivity index (χ0v) is 13.6. The topological polar surface area (TPSA) is 89.3 Å². The first kappa shape index (κ1) is 18.0. The van der Waals surface area contributed by atoms with Crippen molar-refractivity contribution < 1.29 is 17.7 Å². The number of aryl methyl sites for hydroxylation is 1. The molecular weight excluding hydrogens is 335 g/mol. The number of rotatable bonds is 8. The lowest BCUT2D eigenvalue weighted by molar-refractivity contribution is -0.384. The summed E-state index contributed by atoms with van der Waals surface area (Å²) in [5.41, 5.74) is 1.14. The summed E-state index contributed by atoms with van der Waals surface area (Å²) in [6.07, 6.45) is 1.19. The number of benzene rings is 2. The first-order valence-corrected chi connectivity index (χ1v) is 8.96. The smallest absolute Gasteiger partial charge is 0.258 e. The largest absolute Gasteiger partial charge is 0.269 e. The van der Waals surface area contributed by atoms with Crippen LogP contribution in [0.4, 0.5) is 10.1 Å². The number of nitrogens with one attached hydrogen (secondary N) is 1. The molecule has 0 aliphatic rings. The number of non-ortho nitro benzene ring substituents is 1. The van der Waals surface area contributed by atoms with Gasteiger partial charge in [-0.15, -0.1) is 0 Å². The summed E-state index contributed by atoms with van der Waals surface area (Å²) in [5, 5.41) is 10.7. The molecule has 24 heavy (non-hydrogen) atoms. The zero-order chi connectivity index (χ0) is 17.6. The van der Waals surface area contributed by atoms with Crippen LogP contribution in [0, 0.1) is 15.9 Å². The Bertz CT molecular complexity index is 807. The normalized spacial score (nSPS) is 11.4. The molecule has 0 unspecified atom stereocenters. The van der Waals surface area contributed by atoms with Crippen LogP contribution in [0.3, 0.4) is 0 Å². The SMILES string of the molecule is O=[N+]([O-])c1cccc(CS(=O)(=O)NCCCc2ccc(F)cc2)c1. The highest BCUT2D eigenvalue weighted by atomic mass is 32.2. The van der Waals surface area contributed by atoms with Gasteiger partial charge in [-0.25, -0.2) is 17.5 Å². The fourth-order valence-corrected chi connectivity index (χ4v) is 3.38. The third-order valence-electron chi connectivity index (χ3n) is 3.36. The Hall–Kier alpha value is -2.32. The van der Waals surface area contributed by atoms with Crippen LogP contribution in [0.1, 0.15) is 17.5 Å². The van der Waals surface area contributed by atoms with E-state index < -0.39 is 14.9 Å². The molecule has 1 N–H and O–H groups in total. The lowest BCUT2D eigenvalue weighted by atomic mass is 10.1. The highest BCUT2D eigenvalue weighted by molar-refractivity contribution is 7.88. The van der Waals surface area contributed by atoms with Crippen LogP contribution >= 0.6 is 0 Å². The zero-order valence-electron chi connectivity index (χ0n) is 12.8. The van der Waals surface area contributed by atoms with Gasteiger partial charge in [0.25, 0.3) is 5.69 Å². The molecule has 0 fully saturated rings. The van der Waals surface area contributed by atoms with Crippen molar-refractivity contribution in [1.82, 2.24) is 4.72 Å². The van der Waals surface area contributed by atoms with Gasteiger partial charge in [0.2, 0.25) is 10.0 Å². The molecule has 0 saturated heterocycles. The number of halogens is 1. The first-order valence-electron chi connectivity index (χ1n) is 7.31. The Labute approximate surface area is 139 Å². The summed E-state index contributed by atoms with van der Waals surface area (Å²) >= 11 is 0. The fraction of sp³-hybridized carbons (Fsp3) is 0.250. The maximum absolute atomic E-state index is 12.8. The van der Waals surface area contributed by atoms with E-state index in [4.69, 9.17) is 0 Å². The number of hydrogen-bond acceptors (Lipinski definition) is 4. The Morgan fingerprint density at radius 1 is 1.08 bits per heavy atom. The number of nitro groups is 1. The summed E-state index contributed by atoms with van der Waals surface area (Å²) in [4.78, 5) is 10.1. The molecule has 0 aliphatic heterocycles. The molecule has 0 bridgehead atoms. The Morgan fingerprint density at radius 2 is 1.79 bits per heavy atom. The number of nitrogens with zero attached hydrogens (tertiary/aromatic N) is 1. The molecule has 0 spiro atoms. The Balaban J connectivity index is 1.84. The summed E-state index contributed by atoms with van der Waals surface area (Å²) in [6.45, 7) is 0.245. The van der Waals surface area contributed by atoms with E-state index in [2.05, 4.69) is 4.72 Å². The predicted molar refractivity (Wildman–Crippen MR) is 88.4 cm³/mol. The second-order valence-electron chi connectivity index (χ2n) is 5.31. The molecule has 0 heterocycles. The van der Waals surface area contributed by atoms with Gasteiger partial charge in [0, 0.05) is 18.7 Å². The van der Waals surface area contributed by atoms with Crippen molar-refractivity contribution in [3.8, 4) is 0 Å². The van der Waals surface area contributed by atoms with Crippen molar-refractivity contribution in [3.63, 3.8) is 0 Å². The van der Waals surface area contributed by atoms with E-state index in [9.17, 15) is 22.9 Å². The van der Waals surface area contributed by atoms with Crippen molar-refractivity contribution in [2.24, 2.45) is 0 Å². The molecule has 2 aromatic rings. The third kappa shape index (κ3) is 5.71. The molecule has 0 aromatic heterocycles. The molecule has 0 saturated carbocycles. The Kier molecular flexibility index (Phi) is 5.99. The summed E-state index contributed by atoms with van der Waals surface area (Å²) < 4.78 is 39.3. The predicted octanol–water partition coefficient (Wildman–Crippen LogP) is 2.79. The van der Waals surface area contributed by atoms with E-state index in [1.807, 2.05) is 0 Å². The van der Waals surface area contributed by atoms with Gasteiger partial charge < -0.3 is 0 Å². The van der Waals surface area contributed by atoms with Crippen molar-refractivity contribution in [2.75, 3.05) is 6.54 Å². The van der Waals surface area contributed by atoms with E-state index in [1.165, 1.54) is 36.4 Å². The lowest BCUT2D eigenvalue weighted by Gasteiger charge is -2.07. The molecule has 0 atom stereocenters. The van der Waals surface area contributed by atoms with Crippen LogP contribution in [-0.4, -0.2) is 19.9 Å². The van der Waals surface area contributed by atoms with E-state index in [1.54, 1.807) is 12.1 Å². The summed E-state index contributed by atoms with van der Waals surface area (Å²) in [5.74, 6) is -0.623. The van der Waals surface area contributed by atoms with Crippen molar-refractivity contribution in [1.29, 1.82) is 0 Å². The second-order valence-corrected chi connectivity index (χ2v) is 7.12. The van der Waals surface area contributed by atoms with E-state index >= 15 is 0 Å². The minimum Gasteiger partial charge on any atom is -0.258 e. The van der Waals surface area contributed by atoms with Gasteiger partial charge in [0.15, 0.2) is 0 Å². The van der Waals surface area contributed by atoms with E-state index in [-0.39, 0.29) is 23.8 Å². The number of hydrogen-bond donors (Lipinski definition) is 1. The fourth-order valence-electron chi connectivity index (χ4n) is 2.20. The maximum Gasteiger partial charge on any atom is 0.269 e. The van der Waals surface area contributed by atoms with Gasteiger partial charge in [0.1, 0.15) is 5.82 Å². The van der Waals surface area contributed by atoms with Crippen LogP contribution in [0.2, 0.25) is 0 Å². The monoisotopic (exact) mass is 352 g/mol. The van der Waals surface area contributed by atoms with Gasteiger partial charge in [0.05, 0.1) is 10.7 Å². The van der Waals surface area contributed by atoms with Gasteiger partial charge in [-0.05, 0) is 36.1 Å². The third-order valence-corrected chi connectivity index (χ3v) is 4.71. The van der Waals surface area contributed by atoms with Crippen molar-refractivity contribution >= 4 is 15.7 Å². The maximum atomic E-state index is 12.8. The molecule has 0 amide bonds. The van der Waals surface area contributed by atoms with E-state index in [0.29, 0.717) is 18.4 Å². The standard InChI is InChI=1S/C16H17FN2O4S/c17-15-8-6-13(7-9-15)4-2-10-18-24(22,23)12-14-3-1-5-16(11-14)19(20)21/h1,3,5-9,11,18H,2,4,10,12H2. The quantitative estimate of drug-likeness (QED) is 0.449. The number of sulfonamides is 1.